The lowest BCUT2D eigenvalue weighted by Crippen LogP contribution is -2.03. The second-order valence-corrected chi connectivity index (χ2v) is 6.45. The first kappa shape index (κ1) is 18.8. The minimum atomic E-state index is 0.166. The second kappa shape index (κ2) is 8.62. The Balaban J connectivity index is 2.29. The van der Waals surface area contributed by atoms with Gasteiger partial charge in [0.25, 0.3) is 6.47 Å². The van der Waals surface area contributed by atoms with E-state index >= 15 is 0 Å². The van der Waals surface area contributed by atoms with E-state index in [0.717, 1.165) is 36.8 Å². The Morgan fingerprint density at radius 2 is 1.70 bits per heavy atom. The molecule has 4 bridgehead atoms. The van der Waals surface area contributed by atoms with Crippen molar-refractivity contribution in [3.8, 4) is 34.1 Å². The molecule has 5 heteroatoms. The fraction of sp³-hybridized carbons (Fsp3) is 0.318. The van der Waals surface area contributed by atoms with E-state index in [-0.39, 0.29) is 5.75 Å². The molecule has 0 radical (unpaired) electrons. The van der Waals surface area contributed by atoms with Gasteiger partial charge in [0.05, 0.1) is 14.2 Å². The summed E-state index contributed by atoms with van der Waals surface area (Å²) in [6.45, 7) is 0.395. The Labute approximate surface area is 159 Å². The summed E-state index contributed by atoms with van der Waals surface area (Å²) in [4.78, 5) is 11.1. The zero-order valence-corrected chi connectivity index (χ0v) is 15.7. The molecular formula is C22H24O5. The standard InChI is InChI=1S/C22H24O5/c1-25-21-18-13-16(20(27-14-23)22(21)26-2)9-7-5-3-4-6-8-15-10-11-19(24)17(18)12-15/h3-4,10-14,24H,5-9H2,1-2H3/b4-3+. The van der Waals surface area contributed by atoms with Gasteiger partial charge < -0.3 is 19.3 Å². The molecule has 2 aromatic carbocycles. The summed E-state index contributed by atoms with van der Waals surface area (Å²) in [6.07, 6.45) is 8.76. The number of carbonyl (C=O) groups is 1. The first-order valence-electron chi connectivity index (χ1n) is 9.05. The van der Waals surface area contributed by atoms with Crippen molar-refractivity contribution in [2.24, 2.45) is 0 Å². The molecule has 3 rings (SSSR count). The number of benzene rings is 2. The van der Waals surface area contributed by atoms with Crippen molar-refractivity contribution >= 4 is 6.47 Å². The van der Waals surface area contributed by atoms with E-state index in [0.29, 0.717) is 41.3 Å². The average molecular weight is 368 g/mol. The summed E-state index contributed by atoms with van der Waals surface area (Å²) in [5.74, 6) is 1.31. The SMILES string of the molecule is COc1c2cc(c(OC=O)c1OC)CCC/C=C/CCc1ccc(O)c-2c1. The van der Waals surface area contributed by atoms with Crippen LogP contribution in [0, 0.1) is 0 Å². The maximum absolute atomic E-state index is 11.1. The van der Waals surface area contributed by atoms with Gasteiger partial charge in [-0.2, -0.15) is 0 Å². The Kier molecular flexibility index (Phi) is 6.01. The number of phenolic OH excluding ortho intramolecular Hbond substituents is 1. The van der Waals surface area contributed by atoms with Crippen LogP contribution in [-0.2, 0) is 17.6 Å². The van der Waals surface area contributed by atoms with E-state index in [2.05, 4.69) is 12.2 Å². The second-order valence-electron chi connectivity index (χ2n) is 6.45. The Morgan fingerprint density at radius 3 is 2.44 bits per heavy atom. The van der Waals surface area contributed by atoms with Gasteiger partial charge in [-0.15, -0.1) is 0 Å². The van der Waals surface area contributed by atoms with Crippen molar-refractivity contribution < 1.29 is 24.1 Å². The number of carbonyl (C=O) groups excluding carboxylic acids is 1. The smallest absolute Gasteiger partial charge is 0.298 e. The molecule has 142 valence electrons. The summed E-state index contributed by atoms with van der Waals surface area (Å²) in [5.41, 5.74) is 3.36. The van der Waals surface area contributed by atoms with Crippen LogP contribution in [0.2, 0.25) is 0 Å². The zero-order chi connectivity index (χ0) is 19.2. The third kappa shape index (κ3) is 3.92. The highest BCUT2D eigenvalue weighted by molar-refractivity contribution is 5.82. The number of phenols is 1. The lowest BCUT2D eigenvalue weighted by Gasteiger charge is -2.20. The van der Waals surface area contributed by atoms with Crippen LogP contribution in [0.3, 0.4) is 0 Å². The van der Waals surface area contributed by atoms with Crippen LogP contribution >= 0.6 is 0 Å². The minimum Gasteiger partial charge on any atom is -0.507 e. The van der Waals surface area contributed by atoms with Gasteiger partial charge in [0, 0.05) is 11.1 Å². The van der Waals surface area contributed by atoms with Crippen LogP contribution in [0.15, 0.2) is 36.4 Å². The maximum atomic E-state index is 11.1. The highest BCUT2D eigenvalue weighted by atomic mass is 16.6. The molecule has 1 aliphatic rings. The van der Waals surface area contributed by atoms with Gasteiger partial charge in [-0.05, 0) is 61.4 Å². The molecule has 0 amide bonds. The number of aromatic hydroxyl groups is 1. The average Bonchev–Trinajstić information content (AvgIpc) is 2.69. The predicted molar refractivity (Wildman–Crippen MR) is 104 cm³/mol. The maximum Gasteiger partial charge on any atom is 0.298 e. The highest BCUT2D eigenvalue weighted by Crippen LogP contribution is 2.49. The number of rotatable bonds is 4. The van der Waals surface area contributed by atoms with Crippen molar-refractivity contribution in [3.05, 3.63) is 47.5 Å². The topological polar surface area (TPSA) is 65.0 Å². The molecular weight excluding hydrogens is 344 g/mol. The lowest BCUT2D eigenvalue weighted by atomic mass is 9.95. The molecule has 0 unspecified atom stereocenters. The number of fused-ring (bicyclic) bond motifs is 5. The number of aryl methyl sites for hydroxylation is 2. The quantitative estimate of drug-likeness (QED) is 0.639. The monoisotopic (exact) mass is 368 g/mol. The molecule has 0 aliphatic heterocycles. The normalized spacial score (nSPS) is 14.9. The first-order chi connectivity index (χ1) is 13.2. The molecule has 1 aliphatic carbocycles. The van der Waals surface area contributed by atoms with Gasteiger partial charge in [0.15, 0.2) is 11.5 Å². The number of methoxy groups -OCH3 is 2. The molecule has 2 aromatic rings. The van der Waals surface area contributed by atoms with E-state index in [4.69, 9.17) is 14.2 Å². The van der Waals surface area contributed by atoms with E-state index < -0.39 is 0 Å². The third-order valence-corrected chi connectivity index (χ3v) is 4.78. The molecule has 0 saturated heterocycles. The highest BCUT2D eigenvalue weighted by Gasteiger charge is 2.23. The van der Waals surface area contributed by atoms with Crippen molar-refractivity contribution in [2.75, 3.05) is 14.2 Å². The van der Waals surface area contributed by atoms with Crippen LogP contribution in [0.4, 0.5) is 0 Å². The predicted octanol–water partition coefficient (Wildman–Crippen LogP) is 4.44. The number of ether oxygens (including phenoxy) is 3. The molecule has 0 fully saturated rings. The molecule has 0 saturated carbocycles. The largest absolute Gasteiger partial charge is 0.507 e. The number of hydrogen-bond acceptors (Lipinski definition) is 5. The molecule has 1 N–H and O–H groups in total. The van der Waals surface area contributed by atoms with Gasteiger partial charge >= 0.3 is 0 Å². The Bertz CT molecular complexity index is 854. The zero-order valence-electron chi connectivity index (χ0n) is 15.7. The van der Waals surface area contributed by atoms with E-state index in [1.165, 1.54) is 14.2 Å². The van der Waals surface area contributed by atoms with Crippen LogP contribution in [-0.4, -0.2) is 25.8 Å². The fourth-order valence-electron chi connectivity index (χ4n) is 3.48. The van der Waals surface area contributed by atoms with Crippen molar-refractivity contribution in [2.45, 2.75) is 32.1 Å². The number of allylic oxidation sites excluding steroid dienone is 2. The summed E-state index contributed by atoms with van der Waals surface area (Å²) in [5, 5.41) is 10.5. The van der Waals surface area contributed by atoms with E-state index in [1.54, 1.807) is 6.07 Å². The molecule has 27 heavy (non-hydrogen) atoms. The van der Waals surface area contributed by atoms with Crippen molar-refractivity contribution in [3.63, 3.8) is 0 Å². The van der Waals surface area contributed by atoms with Crippen molar-refractivity contribution in [1.29, 1.82) is 0 Å². The third-order valence-electron chi connectivity index (χ3n) is 4.78. The van der Waals surface area contributed by atoms with Gasteiger partial charge in [-0.25, -0.2) is 0 Å². The minimum absolute atomic E-state index is 0.166. The lowest BCUT2D eigenvalue weighted by molar-refractivity contribution is -0.120. The van der Waals surface area contributed by atoms with Crippen LogP contribution < -0.4 is 14.2 Å². The van der Waals surface area contributed by atoms with Crippen LogP contribution in [0.1, 0.15) is 30.4 Å². The Morgan fingerprint density at radius 1 is 0.926 bits per heavy atom. The first-order valence-corrected chi connectivity index (χ1v) is 9.05. The molecule has 0 atom stereocenters. The summed E-state index contributed by atoms with van der Waals surface area (Å²) < 4.78 is 16.4. The van der Waals surface area contributed by atoms with Gasteiger partial charge in [0.2, 0.25) is 5.75 Å². The van der Waals surface area contributed by atoms with Gasteiger partial charge in [0.1, 0.15) is 5.75 Å². The van der Waals surface area contributed by atoms with E-state index in [9.17, 15) is 9.90 Å². The van der Waals surface area contributed by atoms with Crippen LogP contribution in [0.25, 0.3) is 11.1 Å². The Hall–Kier alpha value is -2.95. The summed E-state index contributed by atoms with van der Waals surface area (Å²) in [7, 11) is 3.04. The fourth-order valence-corrected chi connectivity index (χ4v) is 3.48. The summed E-state index contributed by atoms with van der Waals surface area (Å²) in [6, 6.07) is 7.53. The molecule has 0 heterocycles. The van der Waals surface area contributed by atoms with Gasteiger partial charge in [-0.1, -0.05) is 18.2 Å². The molecule has 5 nitrogen and oxygen atoms in total. The van der Waals surface area contributed by atoms with Crippen molar-refractivity contribution in [1.82, 2.24) is 0 Å². The molecule has 0 aromatic heterocycles. The molecule has 0 spiro atoms. The van der Waals surface area contributed by atoms with E-state index in [1.807, 2.05) is 18.2 Å². The van der Waals surface area contributed by atoms with Gasteiger partial charge in [-0.3, -0.25) is 4.79 Å². The number of hydrogen-bond donors (Lipinski definition) is 1. The summed E-state index contributed by atoms with van der Waals surface area (Å²) >= 11 is 0. The van der Waals surface area contributed by atoms with Crippen LogP contribution in [0.5, 0.6) is 23.0 Å².